The Balaban J connectivity index is 2.09. The molecule has 3 rings (SSSR count). The third-order valence-corrected chi connectivity index (χ3v) is 3.27. The van der Waals surface area contributed by atoms with Crippen LogP contribution in [0.1, 0.15) is 16.1 Å². The lowest BCUT2D eigenvalue weighted by Crippen LogP contribution is -2.18. The quantitative estimate of drug-likeness (QED) is 0.760. The highest BCUT2D eigenvalue weighted by Crippen LogP contribution is 2.26. The van der Waals surface area contributed by atoms with Crippen LogP contribution in [-0.4, -0.2) is 28.1 Å². The number of nitrogens with zero attached hydrogens (tertiary/aromatic N) is 3. The molecule has 7 heteroatoms. The first-order valence-corrected chi connectivity index (χ1v) is 6.58. The molecule has 7 nitrogen and oxygen atoms in total. The Bertz CT molecular complexity index is 830. The van der Waals surface area contributed by atoms with Gasteiger partial charge in [0.1, 0.15) is 11.6 Å². The molecular formula is C15H14N4O3. The molecule has 2 heterocycles. The Kier molecular flexibility index (Phi) is 3.38. The number of fused-ring (bicyclic) bond motifs is 1. The van der Waals surface area contributed by atoms with Crippen LogP contribution in [-0.2, 0) is 6.54 Å². The van der Waals surface area contributed by atoms with Crippen LogP contribution in [0.4, 0.5) is 11.8 Å². The van der Waals surface area contributed by atoms with Gasteiger partial charge in [-0.05, 0) is 30.3 Å². The van der Waals surface area contributed by atoms with Gasteiger partial charge in [0.05, 0.1) is 23.9 Å². The molecule has 0 saturated carbocycles. The lowest BCUT2D eigenvalue weighted by molar-refractivity contribution is 0.0697. The van der Waals surface area contributed by atoms with Crippen molar-refractivity contribution in [3.8, 4) is 0 Å². The van der Waals surface area contributed by atoms with Crippen molar-refractivity contribution < 1.29 is 14.3 Å². The van der Waals surface area contributed by atoms with E-state index < -0.39 is 5.97 Å². The van der Waals surface area contributed by atoms with Gasteiger partial charge < -0.3 is 20.2 Å². The molecule has 3 aromatic rings. The minimum absolute atomic E-state index is 0.136. The molecule has 0 bridgehead atoms. The fourth-order valence-electron chi connectivity index (χ4n) is 2.26. The van der Waals surface area contributed by atoms with Gasteiger partial charge in [0, 0.05) is 12.4 Å². The summed E-state index contributed by atoms with van der Waals surface area (Å²) < 4.78 is 5.32. The standard InChI is InChI=1S/C15H14N4O3/c1-19(8-10-3-2-6-22-10)13-11-7-9(14(20)21)4-5-12(11)17-15(16)18-13/h2-7H,8H2,1H3,(H,20,21)(H2,16,17,18). The van der Waals surface area contributed by atoms with Gasteiger partial charge in [-0.25, -0.2) is 9.78 Å². The number of hydrogen-bond donors (Lipinski definition) is 2. The molecule has 0 aliphatic carbocycles. The van der Waals surface area contributed by atoms with E-state index in [1.807, 2.05) is 18.0 Å². The van der Waals surface area contributed by atoms with Crippen LogP contribution in [0.15, 0.2) is 41.0 Å². The average molecular weight is 298 g/mol. The van der Waals surface area contributed by atoms with E-state index in [1.54, 1.807) is 24.5 Å². The minimum Gasteiger partial charge on any atom is -0.478 e. The molecular weight excluding hydrogens is 284 g/mol. The number of carbonyl (C=O) groups is 1. The summed E-state index contributed by atoms with van der Waals surface area (Å²) in [7, 11) is 1.83. The molecule has 112 valence electrons. The number of benzene rings is 1. The highest BCUT2D eigenvalue weighted by Gasteiger charge is 2.14. The molecule has 0 atom stereocenters. The monoisotopic (exact) mass is 298 g/mol. The molecule has 0 fully saturated rings. The average Bonchev–Trinajstić information content (AvgIpc) is 2.98. The number of anilines is 2. The number of hydrogen-bond acceptors (Lipinski definition) is 6. The van der Waals surface area contributed by atoms with E-state index in [2.05, 4.69) is 9.97 Å². The first-order chi connectivity index (χ1) is 10.5. The Morgan fingerprint density at radius 3 is 2.86 bits per heavy atom. The van der Waals surface area contributed by atoms with Crippen LogP contribution in [0.2, 0.25) is 0 Å². The summed E-state index contributed by atoms with van der Waals surface area (Å²) in [6.07, 6.45) is 1.60. The van der Waals surface area contributed by atoms with E-state index in [0.29, 0.717) is 23.3 Å². The zero-order chi connectivity index (χ0) is 15.7. The van der Waals surface area contributed by atoms with Gasteiger partial charge in [0.15, 0.2) is 0 Å². The zero-order valence-electron chi connectivity index (χ0n) is 11.9. The Morgan fingerprint density at radius 1 is 1.36 bits per heavy atom. The van der Waals surface area contributed by atoms with Crippen molar-refractivity contribution in [3.05, 3.63) is 47.9 Å². The molecule has 0 aliphatic heterocycles. The lowest BCUT2D eigenvalue weighted by atomic mass is 10.1. The second-order valence-corrected chi connectivity index (χ2v) is 4.88. The fraction of sp³-hybridized carbons (Fsp3) is 0.133. The van der Waals surface area contributed by atoms with E-state index in [9.17, 15) is 4.79 Å². The van der Waals surface area contributed by atoms with Gasteiger partial charge in [-0.3, -0.25) is 0 Å². The number of rotatable bonds is 4. The molecule has 0 amide bonds. The molecule has 0 radical (unpaired) electrons. The van der Waals surface area contributed by atoms with Gasteiger partial charge in [0.2, 0.25) is 5.95 Å². The summed E-state index contributed by atoms with van der Waals surface area (Å²) in [4.78, 5) is 21.4. The van der Waals surface area contributed by atoms with Crippen LogP contribution in [0.3, 0.4) is 0 Å². The molecule has 1 aromatic carbocycles. The molecule has 0 spiro atoms. The summed E-state index contributed by atoms with van der Waals surface area (Å²) in [5, 5.41) is 9.77. The molecule has 3 N–H and O–H groups in total. The van der Waals surface area contributed by atoms with Crippen molar-refractivity contribution >= 4 is 28.6 Å². The second kappa shape index (κ2) is 5.36. The maximum absolute atomic E-state index is 11.2. The number of furan rings is 1. The van der Waals surface area contributed by atoms with Gasteiger partial charge in [-0.2, -0.15) is 4.98 Å². The lowest BCUT2D eigenvalue weighted by Gasteiger charge is -2.19. The number of nitrogen functional groups attached to an aromatic ring is 1. The highest BCUT2D eigenvalue weighted by atomic mass is 16.4. The molecule has 0 unspecified atom stereocenters. The van der Waals surface area contributed by atoms with Crippen LogP contribution in [0, 0.1) is 0 Å². The Morgan fingerprint density at radius 2 is 2.18 bits per heavy atom. The Labute approximate surface area is 126 Å². The Hall–Kier alpha value is -3.09. The van der Waals surface area contributed by atoms with Gasteiger partial charge in [-0.15, -0.1) is 0 Å². The molecule has 22 heavy (non-hydrogen) atoms. The SMILES string of the molecule is CN(Cc1ccco1)c1nc(N)nc2ccc(C(=O)O)cc12. The number of carboxylic acids is 1. The minimum atomic E-state index is -1.00. The zero-order valence-corrected chi connectivity index (χ0v) is 11.9. The highest BCUT2D eigenvalue weighted by molar-refractivity contribution is 5.97. The third-order valence-electron chi connectivity index (χ3n) is 3.27. The van der Waals surface area contributed by atoms with E-state index in [0.717, 1.165) is 5.76 Å². The van der Waals surface area contributed by atoms with Crippen LogP contribution in [0.25, 0.3) is 10.9 Å². The maximum atomic E-state index is 11.2. The van der Waals surface area contributed by atoms with Crippen molar-refractivity contribution in [3.63, 3.8) is 0 Å². The number of aromatic nitrogens is 2. The largest absolute Gasteiger partial charge is 0.478 e. The van der Waals surface area contributed by atoms with Crippen molar-refractivity contribution in [2.45, 2.75) is 6.54 Å². The van der Waals surface area contributed by atoms with Crippen molar-refractivity contribution in [2.24, 2.45) is 0 Å². The summed E-state index contributed by atoms with van der Waals surface area (Å²) >= 11 is 0. The van der Waals surface area contributed by atoms with E-state index in [4.69, 9.17) is 15.3 Å². The summed E-state index contributed by atoms with van der Waals surface area (Å²) in [6.45, 7) is 0.482. The smallest absolute Gasteiger partial charge is 0.335 e. The third kappa shape index (κ3) is 2.56. The van der Waals surface area contributed by atoms with Crippen molar-refractivity contribution in [2.75, 3.05) is 17.7 Å². The number of nitrogens with two attached hydrogens (primary N) is 1. The van der Waals surface area contributed by atoms with Crippen molar-refractivity contribution in [1.29, 1.82) is 0 Å². The maximum Gasteiger partial charge on any atom is 0.335 e. The molecule has 0 aliphatic rings. The van der Waals surface area contributed by atoms with Crippen LogP contribution < -0.4 is 10.6 Å². The van der Waals surface area contributed by atoms with Gasteiger partial charge >= 0.3 is 5.97 Å². The summed E-state index contributed by atoms with van der Waals surface area (Å²) in [5.74, 6) is 0.458. The second-order valence-electron chi connectivity index (χ2n) is 4.88. The van der Waals surface area contributed by atoms with E-state index >= 15 is 0 Å². The van der Waals surface area contributed by atoms with Crippen molar-refractivity contribution in [1.82, 2.24) is 9.97 Å². The summed E-state index contributed by atoms with van der Waals surface area (Å²) in [5.41, 5.74) is 6.52. The summed E-state index contributed by atoms with van der Waals surface area (Å²) in [6, 6.07) is 8.32. The number of aromatic carboxylic acids is 1. The first-order valence-electron chi connectivity index (χ1n) is 6.58. The van der Waals surface area contributed by atoms with Crippen LogP contribution in [0.5, 0.6) is 0 Å². The predicted molar refractivity (Wildman–Crippen MR) is 81.7 cm³/mol. The van der Waals surface area contributed by atoms with E-state index in [-0.39, 0.29) is 11.5 Å². The normalized spacial score (nSPS) is 10.8. The fourth-order valence-corrected chi connectivity index (χ4v) is 2.26. The van der Waals surface area contributed by atoms with Gasteiger partial charge in [0.25, 0.3) is 0 Å². The first kappa shape index (κ1) is 13.9. The number of carboxylic acid groups (broad SMARTS) is 1. The molecule has 0 saturated heterocycles. The van der Waals surface area contributed by atoms with E-state index in [1.165, 1.54) is 6.07 Å². The van der Waals surface area contributed by atoms with Crippen LogP contribution >= 0.6 is 0 Å². The molecule has 2 aromatic heterocycles. The topological polar surface area (TPSA) is 105 Å². The predicted octanol–water partition coefficient (Wildman–Crippen LogP) is 2.14. The van der Waals surface area contributed by atoms with Gasteiger partial charge in [-0.1, -0.05) is 0 Å².